The van der Waals surface area contributed by atoms with Crippen LogP contribution in [-0.4, -0.2) is 25.1 Å². The number of nitrogens with zero attached hydrogens (tertiary/aromatic N) is 2. The van der Waals surface area contributed by atoms with Crippen molar-refractivity contribution in [1.29, 1.82) is 0 Å². The van der Waals surface area contributed by atoms with Crippen LogP contribution in [0, 0.1) is 6.92 Å². The maximum Gasteiger partial charge on any atom is 0.245 e. The van der Waals surface area contributed by atoms with Gasteiger partial charge in [-0.2, -0.15) is 4.98 Å². The quantitative estimate of drug-likeness (QED) is 0.833. The number of anilines is 1. The lowest BCUT2D eigenvalue weighted by molar-refractivity contribution is 0.379. The number of rotatable bonds is 6. The number of sulfonamides is 1. The van der Waals surface area contributed by atoms with Crippen molar-refractivity contribution in [1.82, 2.24) is 14.9 Å². The molecule has 0 amide bonds. The SMILES string of the molecule is CCNS(=O)(=O)c1ccccc1NCc1nc(C)no1. The molecule has 1 heterocycles. The van der Waals surface area contributed by atoms with E-state index in [0.29, 0.717) is 23.9 Å². The predicted octanol–water partition coefficient (Wildman–Crippen LogP) is 1.29. The number of aromatic nitrogens is 2. The fraction of sp³-hybridized carbons (Fsp3) is 0.333. The van der Waals surface area contributed by atoms with E-state index in [1.54, 1.807) is 38.1 Å². The molecular formula is C12H16N4O3S. The Morgan fingerprint density at radius 2 is 2.05 bits per heavy atom. The molecule has 2 N–H and O–H groups in total. The molecule has 20 heavy (non-hydrogen) atoms. The van der Waals surface area contributed by atoms with Crippen molar-refractivity contribution in [2.45, 2.75) is 25.3 Å². The first-order valence-corrected chi connectivity index (χ1v) is 7.63. The van der Waals surface area contributed by atoms with E-state index in [4.69, 9.17) is 4.52 Å². The average molecular weight is 296 g/mol. The summed E-state index contributed by atoms with van der Waals surface area (Å²) in [6, 6.07) is 6.66. The molecule has 2 rings (SSSR count). The minimum atomic E-state index is -3.52. The van der Waals surface area contributed by atoms with Crippen LogP contribution in [0.2, 0.25) is 0 Å². The summed E-state index contributed by atoms with van der Waals surface area (Å²) in [6.07, 6.45) is 0. The Labute approximate surface area is 117 Å². The zero-order chi connectivity index (χ0) is 14.6. The van der Waals surface area contributed by atoms with Crippen LogP contribution in [0.25, 0.3) is 0 Å². The van der Waals surface area contributed by atoms with Crippen molar-refractivity contribution < 1.29 is 12.9 Å². The molecule has 108 valence electrons. The molecule has 1 aromatic heterocycles. The second-order valence-corrected chi connectivity index (χ2v) is 5.82. The molecule has 0 radical (unpaired) electrons. The predicted molar refractivity (Wildman–Crippen MR) is 73.7 cm³/mol. The van der Waals surface area contributed by atoms with Crippen LogP contribution in [0.3, 0.4) is 0 Å². The van der Waals surface area contributed by atoms with Gasteiger partial charge in [0, 0.05) is 6.54 Å². The molecule has 8 heteroatoms. The van der Waals surface area contributed by atoms with Gasteiger partial charge in [0.1, 0.15) is 4.90 Å². The van der Waals surface area contributed by atoms with Crippen molar-refractivity contribution in [2.75, 3.05) is 11.9 Å². The zero-order valence-electron chi connectivity index (χ0n) is 11.3. The van der Waals surface area contributed by atoms with Crippen LogP contribution in [0.15, 0.2) is 33.7 Å². The van der Waals surface area contributed by atoms with Crippen LogP contribution in [-0.2, 0) is 16.6 Å². The smallest absolute Gasteiger partial charge is 0.245 e. The fourth-order valence-corrected chi connectivity index (χ4v) is 2.92. The third-order valence-corrected chi connectivity index (χ3v) is 4.11. The van der Waals surface area contributed by atoms with E-state index in [9.17, 15) is 8.42 Å². The molecule has 0 atom stereocenters. The van der Waals surface area contributed by atoms with Gasteiger partial charge in [0.15, 0.2) is 5.82 Å². The van der Waals surface area contributed by atoms with Crippen molar-refractivity contribution in [2.24, 2.45) is 0 Å². The summed E-state index contributed by atoms with van der Waals surface area (Å²) in [6.45, 7) is 4.05. The average Bonchev–Trinajstić information content (AvgIpc) is 2.82. The molecule has 2 aromatic rings. The lowest BCUT2D eigenvalue weighted by Gasteiger charge is -2.11. The standard InChI is InChI=1S/C12H16N4O3S/c1-3-14-20(17,18)11-7-5-4-6-10(11)13-8-12-15-9(2)16-19-12/h4-7,13-14H,3,8H2,1-2H3. The highest BCUT2D eigenvalue weighted by atomic mass is 32.2. The van der Waals surface area contributed by atoms with Crippen molar-refractivity contribution in [3.8, 4) is 0 Å². The Morgan fingerprint density at radius 1 is 1.30 bits per heavy atom. The van der Waals surface area contributed by atoms with Gasteiger partial charge in [-0.05, 0) is 19.1 Å². The summed E-state index contributed by atoms with van der Waals surface area (Å²) in [4.78, 5) is 4.24. The molecule has 0 unspecified atom stereocenters. The highest BCUT2D eigenvalue weighted by Gasteiger charge is 2.17. The highest BCUT2D eigenvalue weighted by molar-refractivity contribution is 7.89. The Morgan fingerprint density at radius 3 is 2.70 bits per heavy atom. The second kappa shape index (κ2) is 6.02. The lowest BCUT2D eigenvalue weighted by atomic mass is 10.3. The molecule has 0 aliphatic heterocycles. The van der Waals surface area contributed by atoms with Crippen LogP contribution in [0.4, 0.5) is 5.69 Å². The lowest BCUT2D eigenvalue weighted by Crippen LogP contribution is -2.24. The van der Waals surface area contributed by atoms with E-state index in [-0.39, 0.29) is 11.4 Å². The van der Waals surface area contributed by atoms with E-state index in [1.165, 1.54) is 0 Å². The molecule has 0 saturated heterocycles. The van der Waals surface area contributed by atoms with E-state index in [1.807, 2.05) is 0 Å². The molecule has 0 spiro atoms. The minimum Gasteiger partial charge on any atom is -0.375 e. The van der Waals surface area contributed by atoms with Crippen LogP contribution >= 0.6 is 0 Å². The Kier molecular flexibility index (Phi) is 4.35. The largest absolute Gasteiger partial charge is 0.375 e. The normalized spacial score (nSPS) is 11.5. The van der Waals surface area contributed by atoms with Crippen LogP contribution in [0.1, 0.15) is 18.6 Å². The minimum absolute atomic E-state index is 0.193. The van der Waals surface area contributed by atoms with Gasteiger partial charge in [-0.25, -0.2) is 13.1 Å². The molecule has 1 aromatic carbocycles. The molecule has 0 aliphatic carbocycles. The topological polar surface area (TPSA) is 97.1 Å². The Balaban J connectivity index is 2.20. The fourth-order valence-electron chi connectivity index (χ4n) is 1.70. The third-order valence-electron chi connectivity index (χ3n) is 2.51. The summed E-state index contributed by atoms with van der Waals surface area (Å²) < 4.78 is 31.6. The highest BCUT2D eigenvalue weighted by Crippen LogP contribution is 2.21. The van der Waals surface area contributed by atoms with Gasteiger partial charge in [-0.1, -0.05) is 24.2 Å². The molecule has 0 bridgehead atoms. The van der Waals surface area contributed by atoms with E-state index in [2.05, 4.69) is 20.2 Å². The van der Waals surface area contributed by atoms with E-state index < -0.39 is 10.0 Å². The van der Waals surface area contributed by atoms with Crippen molar-refractivity contribution in [3.05, 3.63) is 36.0 Å². The monoisotopic (exact) mass is 296 g/mol. The van der Waals surface area contributed by atoms with Gasteiger partial charge in [0.05, 0.1) is 12.2 Å². The molecule has 7 nitrogen and oxygen atoms in total. The van der Waals surface area contributed by atoms with Gasteiger partial charge in [0.2, 0.25) is 15.9 Å². The number of aryl methyl sites for hydroxylation is 1. The third kappa shape index (κ3) is 3.34. The van der Waals surface area contributed by atoms with Gasteiger partial charge in [-0.3, -0.25) is 0 Å². The molecular weight excluding hydrogens is 280 g/mol. The zero-order valence-corrected chi connectivity index (χ0v) is 12.1. The van der Waals surface area contributed by atoms with Crippen molar-refractivity contribution in [3.63, 3.8) is 0 Å². The van der Waals surface area contributed by atoms with E-state index >= 15 is 0 Å². The van der Waals surface area contributed by atoms with Crippen LogP contribution in [0.5, 0.6) is 0 Å². The van der Waals surface area contributed by atoms with E-state index in [0.717, 1.165) is 0 Å². The number of nitrogens with one attached hydrogen (secondary N) is 2. The Bertz CT molecular complexity index is 682. The van der Waals surface area contributed by atoms with Crippen molar-refractivity contribution >= 4 is 15.7 Å². The molecule has 0 saturated carbocycles. The number of hydrogen-bond donors (Lipinski definition) is 2. The number of hydrogen-bond acceptors (Lipinski definition) is 6. The number of para-hydroxylation sites is 1. The van der Waals surface area contributed by atoms with Gasteiger partial charge >= 0.3 is 0 Å². The first kappa shape index (κ1) is 14.5. The summed E-state index contributed by atoms with van der Waals surface area (Å²) in [5.74, 6) is 0.938. The van der Waals surface area contributed by atoms with Gasteiger partial charge in [0.25, 0.3) is 0 Å². The van der Waals surface area contributed by atoms with Gasteiger partial charge in [-0.15, -0.1) is 0 Å². The second-order valence-electron chi connectivity index (χ2n) is 4.09. The maximum atomic E-state index is 12.1. The first-order chi connectivity index (χ1) is 9.53. The summed E-state index contributed by atoms with van der Waals surface area (Å²) >= 11 is 0. The maximum absolute atomic E-state index is 12.1. The summed E-state index contributed by atoms with van der Waals surface area (Å²) in [7, 11) is -3.52. The number of benzene rings is 1. The summed E-state index contributed by atoms with van der Waals surface area (Å²) in [5, 5.41) is 6.66. The molecule has 0 fully saturated rings. The first-order valence-electron chi connectivity index (χ1n) is 6.14. The summed E-state index contributed by atoms with van der Waals surface area (Å²) in [5.41, 5.74) is 0.490. The Hall–Kier alpha value is -1.93. The van der Waals surface area contributed by atoms with Gasteiger partial charge < -0.3 is 9.84 Å². The van der Waals surface area contributed by atoms with Crippen LogP contribution < -0.4 is 10.0 Å². The molecule has 0 aliphatic rings.